The average Bonchev–Trinajstić information content (AvgIpc) is 2.49. The summed E-state index contributed by atoms with van der Waals surface area (Å²) in [4.78, 5) is 4.10. The highest BCUT2D eigenvalue weighted by atomic mass is 15.0. The third-order valence-corrected chi connectivity index (χ3v) is 1.90. The summed E-state index contributed by atoms with van der Waals surface area (Å²) in [5, 5.41) is 0. The third-order valence-electron chi connectivity index (χ3n) is 1.90. The zero-order valence-electron chi connectivity index (χ0n) is 8.33. The van der Waals surface area contributed by atoms with Crippen molar-refractivity contribution in [2.24, 2.45) is 5.73 Å². The van der Waals surface area contributed by atoms with Crippen LogP contribution in [0.25, 0.3) is 0 Å². The van der Waals surface area contributed by atoms with Crippen LogP contribution >= 0.6 is 0 Å². The molecule has 0 spiro atoms. The van der Waals surface area contributed by atoms with Crippen LogP contribution in [0.15, 0.2) is 24.2 Å². The van der Waals surface area contributed by atoms with E-state index < -0.39 is 0 Å². The second-order valence-corrected chi connectivity index (χ2v) is 3.36. The van der Waals surface area contributed by atoms with Gasteiger partial charge in [0.25, 0.3) is 0 Å². The predicted molar refractivity (Wildman–Crippen MR) is 54.4 cm³/mol. The van der Waals surface area contributed by atoms with Crippen LogP contribution in [0.4, 0.5) is 0 Å². The monoisotopic (exact) mass is 179 g/mol. The maximum absolute atomic E-state index is 5.49. The molecule has 0 unspecified atom stereocenters. The molecule has 1 aromatic rings. The van der Waals surface area contributed by atoms with E-state index in [1.54, 1.807) is 0 Å². The Morgan fingerprint density at radius 3 is 3.00 bits per heavy atom. The van der Waals surface area contributed by atoms with E-state index in [1.807, 2.05) is 12.5 Å². The molecule has 0 radical (unpaired) electrons. The molecule has 0 saturated heterocycles. The standard InChI is InChI=1S/C10H17N3/c1-9(2)4-6-13-8-12-7-10(13)3-5-11/h4,7-8H,3,5-6,11H2,1-2H3. The molecule has 13 heavy (non-hydrogen) atoms. The summed E-state index contributed by atoms with van der Waals surface area (Å²) >= 11 is 0. The molecule has 0 aliphatic heterocycles. The molecule has 0 aromatic carbocycles. The second kappa shape index (κ2) is 4.82. The summed E-state index contributed by atoms with van der Waals surface area (Å²) in [6, 6.07) is 0. The highest BCUT2D eigenvalue weighted by molar-refractivity contribution is 5.02. The summed E-state index contributed by atoms with van der Waals surface area (Å²) in [7, 11) is 0. The first kappa shape index (κ1) is 9.99. The molecular formula is C10H17N3. The van der Waals surface area contributed by atoms with Crippen LogP contribution in [-0.2, 0) is 13.0 Å². The number of rotatable bonds is 4. The molecule has 0 amide bonds. The fourth-order valence-electron chi connectivity index (χ4n) is 1.15. The zero-order valence-corrected chi connectivity index (χ0v) is 8.33. The quantitative estimate of drug-likeness (QED) is 0.709. The van der Waals surface area contributed by atoms with Crippen LogP contribution in [0.3, 0.4) is 0 Å². The Balaban J connectivity index is 2.65. The lowest BCUT2D eigenvalue weighted by molar-refractivity contribution is 0.745. The van der Waals surface area contributed by atoms with E-state index in [0.717, 1.165) is 13.0 Å². The molecule has 0 saturated carbocycles. The lowest BCUT2D eigenvalue weighted by Crippen LogP contribution is -2.07. The van der Waals surface area contributed by atoms with Gasteiger partial charge >= 0.3 is 0 Å². The maximum Gasteiger partial charge on any atom is 0.0951 e. The number of allylic oxidation sites excluding steroid dienone is 2. The smallest absolute Gasteiger partial charge is 0.0951 e. The minimum absolute atomic E-state index is 0.681. The van der Waals surface area contributed by atoms with Gasteiger partial charge in [-0.15, -0.1) is 0 Å². The summed E-state index contributed by atoms with van der Waals surface area (Å²) < 4.78 is 2.12. The Kier molecular flexibility index (Phi) is 3.71. The Bertz CT molecular complexity index is 282. The first-order valence-electron chi connectivity index (χ1n) is 4.56. The van der Waals surface area contributed by atoms with E-state index in [9.17, 15) is 0 Å². The molecule has 3 heteroatoms. The van der Waals surface area contributed by atoms with E-state index in [-0.39, 0.29) is 0 Å². The van der Waals surface area contributed by atoms with Crippen LogP contribution in [-0.4, -0.2) is 16.1 Å². The van der Waals surface area contributed by atoms with E-state index >= 15 is 0 Å². The van der Waals surface area contributed by atoms with E-state index in [0.29, 0.717) is 6.54 Å². The van der Waals surface area contributed by atoms with Gasteiger partial charge in [-0.2, -0.15) is 0 Å². The first-order valence-corrected chi connectivity index (χ1v) is 4.56. The Morgan fingerprint density at radius 2 is 2.38 bits per heavy atom. The largest absolute Gasteiger partial charge is 0.331 e. The number of nitrogens with zero attached hydrogens (tertiary/aromatic N) is 2. The second-order valence-electron chi connectivity index (χ2n) is 3.36. The van der Waals surface area contributed by atoms with Crippen molar-refractivity contribution in [1.29, 1.82) is 0 Å². The minimum atomic E-state index is 0.681. The molecule has 2 N–H and O–H groups in total. The summed E-state index contributed by atoms with van der Waals surface area (Å²) in [6.45, 7) is 5.78. The molecule has 3 nitrogen and oxygen atoms in total. The molecule has 0 atom stereocenters. The van der Waals surface area contributed by atoms with Gasteiger partial charge in [-0.25, -0.2) is 4.98 Å². The van der Waals surface area contributed by atoms with Crippen molar-refractivity contribution in [3.05, 3.63) is 29.9 Å². The van der Waals surface area contributed by atoms with E-state index in [4.69, 9.17) is 5.73 Å². The van der Waals surface area contributed by atoms with Crippen LogP contribution in [0.5, 0.6) is 0 Å². The molecule has 0 fully saturated rings. The van der Waals surface area contributed by atoms with Crippen LogP contribution in [0.2, 0.25) is 0 Å². The molecule has 1 rings (SSSR count). The van der Waals surface area contributed by atoms with Crippen molar-refractivity contribution >= 4 is 0 Å². The van der Waals surface area contributed by atoms with Gasteiger partial charge in [-0.1, -0.05) is 11.6 Å². The van der Waals surface area contributed by atoms with Gasteiger partial charge in [0.05, 0.1) is 6.33 Å². The number of aromatic nitrogens is 2. The van der Waals surface area contributed by atoms with Gasteiger partial charge < -0.3 is 10.3 Å². The number of hydrogen-bond acceptors (Lipinski definition) is 2. The van der Waals surface area contributed by atoms with Crippen molar-refractivity contribution < 1.29 is 0 Å². The molecule has 72 valence electrons. The normalized spacial score (nSPS) is 10.1. The molecular weight excluding hydrogens is 162 g/mol. The fourth-order valence-corrected chi connectivity index (χ4v) is 1.15. The van der Waals surface area contributed by atoms with E-state index in [2.05, 4.69) is 29.5 Å². The fraction of sp³-hybridized carbons (Fsp3) is 0.500. The lowest BCUT2D eigenvalue weighted by atomic mass is 10.3. The van der Waals surface area contributed by atoms with E-state index in [1.165, 1.54) is 11.3 Å². The van der Waals surface area contributed by atoms with Crippen molar-refractivity contribution in [2.75, 3.05) is 6.54 Å². The van der Waals surface area contributed by atoms with Gasteiger partial charge in [0, 0.05) is 24.9 Å². The summed E-state index contributed by atoms with van der Waals surface area (Å²) in [5.41, 5.74) is 8.02. The van der Waals surface area contributed by atoms with Gasteiger partial charge in [-0.3, -0.25) is 0 Å². The number of imidazole rings is 1. The van der Waals surface area contributed by atoms with Crippen molar-refractivity contribution in [3.8, 4) is 0 Å². The molecule has 0 aliphatic carbocycles. The Labute approximate surface area is 79.3 Å². The third kappa shape index (κ3) is 3.03. The van der Waals surface area contributed by atoms with Crippen LogP contribution in [0.1, 0.15) is 19.5 Å². The highest BCUT2D eigenvalue weighted by Gasteiger charge is 1.98. The van der Waals surface area contributed by atoms with Crippen molar-refractivity contribution in [3.63, 3.8) is 0 Å². The number of nitrogens with two attached hydrogens (primary N) is 1. The van der Waals surface area contributed by atoms with Gasteiger partial charge in [0.2, 0.25) is 0 Å². The van der Waals surface area contributed by atoms with Crippen molar-refractivity contribution in [2.45, 2.75) is 26.8 Å². The topological polar surface area (TPSA) is 43.8 Å². The maximum atomic E-state index is 5.49. The van der Waals surface area contributed by atoms with Gasteiger partial charge in [0.15, 0.2) is 0 Å². The highest BCUT2D eigenvalue weighted by Crippen LogP contribution is 2.01. The number of hydrogen-bond donors (Lipinski definition) is 1. The van der Waals surface area contributed by atoms with Crippen LogP contribution in [0, 0.1) is 0 Å². The molecule has 0 bridgehead atoms. The summed E-state index contributed by atoms with van der Waals surface area (Å²) in [5.74, 6) is 0. The Morgan fingerprint density at radius 1 is 1.62 bits per heavy atom. The lowest BCUT2D eigenvalue weighted by Gasteiger charge is -2.03. The average molecular weight is 179 g/mol. The molecule has 1 aromatic heterocycles. The first-order chi connectivity index (χ1) is 6.24. The van der Waals surface area contributed by atoms with Crippen LogP contribution < -0.4 is 5.73 Å². The SMILES string of the molecule is CC(C)=CCn1cncc1CCN. The van der Waals surface area contributed by atoms with Gasteiger partial charge in [-0.05, 0) is 20.4 Å². The Hall–Kier alpha value is -1.09. The molecule has 1 heterocycles. The molecule has 0 aliphatic rings. The zero-order chi connectivity index (χ0) is 9.68. The summed E-state index contributed by atoms with van der Waals surface area (Å²) in [6.07, 6.45) is 6.81. The predicted octanol–water partition coefficient (Wildman–Crippen LogP) is 1.35. The van der Waals surface area contributed by atoms with Gasteiger partial charge in [0.1, 0.15) is 0 Å². The minimum Gasteiger partial charge on any atom is -0.331 e. The van der Waals surface area contributed by atoms with Crippen molar-refractivity contribution in [1.82, 2.24) is 9.55 Å².